The lowest BCUT2D eigenvalue weighted by Crippen LogP contribution is -2.13. The van der Waals surface area contributed by atoms with Gasteiger partial charge in [-0.15, -0.1) is 0 Å². The molecule has 0 fully saturated rings. The number of fused-ring (bicyclic) bond motifs is 1. The maximum atomic E-state index is 12.4. The summed E-state index contributed by atoms with van der Waals surface area (Å²) in [6, 6.07) is 14.4. The molecule has 0 aliphatic heterocycles. The highest BCUT2D eigenvalue weighted by Crippen LogP contribution is 2.19. The van der Waals surface area contributed by atoms with E-state index in [1.54, 1.807) is 24.3 Å². The number of aromatic amines is 1. The molecule has 0 spiro atoms. The molecule has 0 aliphatic rings. The van der Waals surface area contributed by atoms with Crippen molar-refractivity contribution in [3.63, 3.8) is 0 Å². The molecular formula is C19H18N8O. The second-order valence-electron chi connectivity index (χ2n) is 6.12. The number of carbonyl (C=O) groups is 1. The zero-order valence-electron chi connectivity index (χ0n) is 14.8. The Morgan fingerprint density at radius 1 is 1.04 bits per heavy atom. The summed E-state index contributed by atoms with van der Waals surface area (Å²) < 4.78 is 0. The molecule has 9 heteroatoms. The van der Waals surface area contributed by atoms with Crippen LogP contribution in [0, 0.1) is 0 Å². The first-order chi connectivity index (χ1) is 13.6. The molecule has 0 aliphatic carbocycles. The molecule has 0 radical (unpaired) electrons. The Morgan fingerprint density at radius 2 is 1.82 bits per heavy atom. The lowest BCUT2D eigenvalue weighted by Gasteiger charge is -2.09. The normalized spacial score (nSPS) is 10.7. The van der Waals surface area contributed by atoms with E-state index in [2.05, 4.69) is 30.6 Å². The number of para-hydroxylation sites is 2. The van der Waals surface area contributed by atoms with E-state index in [1.165, 1.54) is 6.33 Å². The molecule has 1 amide bonds. The van der Waals surface area contributed by atoms with Crippen molar-refractivity contribution < 1.29 is 4.79 Å². The van der Waals surface area contributed by atoms with Gasteiger partial charge in [-0.05, 0) is 29.8 Å². The smallest absolute Gasteiger partial charge is 0.255 e. The number of aromatic nitrogens is 4. The molecule has 0 bridgehead atoms. The Morgan fingerprint density at radius 3 is 2.61 bits per heavy atom. The summed E-state index contributed by atoms with van der Waals surface area (Å²) in [7, 11) is 0. The van der Waals surface area contributed by atoms with Crippen molar-refractivity contribution in [3.05, 3.63) is 66.0 Å². The fourth-order valence-corrected chi connectivity index (χ4v) is 2.74. The largest absolute Gasteiger partial charge is 0.397 e. The molecule has 0 saturated heterocycles. The minimum atomic E-state index is -0.222. The third-order valence-corrected chi connectivity index (χ3v) is 4.19. The number of carbonyl (C=O) groups excluding carboxylic acids is 1. The van der Waals surface area contributed by atoms with Gasteiger partial charge in [0.1, 0.15) is 5.52 Å². The molecule has 0 unspecified atom stereocenters. The number of nitrogens with zero attached hydrogens (tertiary/aromatic N) is 3. The topological polar surface area (TPSA) is 148 Å². The Bertz CT molecular complexity index is 1140. The third kappa shape index (κ3) is 3.54. The standard InChI is InChI=1S/C19H18N8O/c20-13-3-1-2-4-14(13)25-18(28)12-7-5-11(6-8-12)9-22-16-15-17(24-10-23-15)27-19(21)26-16/h1-8,10H,9,20H2,(H,25,28)(H4,21,22,23,24,26,27). The van der Waals surface area contributed by atoms with Crippen molar-refractivity contribution in [1.29, 1.82) is 0 Å². The van der Waals surface area contributed by atoms with Crippen molar-refractivity contribution in [2.75, 3.05) is 22.1 Å². The zero-order valence-corrected chi connectivity index (χ0v) is 14.8. The molecule has 2 aromatic heterocycles. The van der Waals surface area contributed by atoms with Gasteiger partial charge in [0.25, 0.3) is 5.91 Å². The average Bonchev–Trinajstić information content (AvgIpc) is 3.16. The number of benzene rings is 2. The number of nitrogens with two attached hydrogens (primary N) is 2. The maximum Gasteiger partial charge on any atom is 0.255 e. The first-order valence-electron chi connectivity index (χ1n) is 8.55. The van der Waals surface area contributed by atoms with Crippen LogP contribution >= 0.6 is 0 Å². The van der Waals surface area contributed by atoms with Crippen LogP contribution < -0.4 is 22.1 Å². The second-order valence-corrected chi connectivity index (χ2v) is 6.12. The maximum absolute atomic E-state index is 12.4. The Balaban J connectivity index is 1.44. The number of anilines is 4. The molecule has 4 rings (SSSR count). The summed E-state index contributed by atoms with van der Waals surface area (Å²) in [6.45, 7) is 0.498. The van der Waals surface area contributed by atoms with Crippen LogP contribution in [0.25, 0.3) is 11.2 Å². The van der Waals surface area contributed by atoms with Crippen LogP contribution in [0.4, 0.5) is 23.1 Å². The van der Waals surface area contributed by atoms with E-state index in [4.69, 9.17) is 11.5 Å². The minimum absolute atomic E-state index is 0.148. The fourth-order valence-electron chi connectivity index (χ4n) is 2.74. The molecule has 7 N–H and O–H groups in total. The Kier molecular flexibility index (Phi) is 4.47. The molecule has 2 aromatic carbocycles. The van der Waals surface area contributed by atoms with Gasteiger partial charge in [0.05, 0.1) is 17.7 Å². The van der Waals surface area contributed by atoms with Crippen LogP contribution in [-0.4, -0.2) is 25.8 Å². The van der Waals surface area contributed by atoms with Crippen molar-refractivity contribution in [1.82, 2.24) is 19.9 Å². The number of hydrogen-bond acceptors (Lipinski definition) is 7. The number of nitrogens with one attached hydrogen (secondary N) is 3. The fraction of sp³-hybridized carbons (Fsp3) is 0.0526. The molecular weight excluding hydrogens is 356 g/mol. The van der Waals surface area contributed by atoms with Gasteiger partial charge in [-0.3, -0.25) is 4.79 Å². The van der Waals surface area contributed by atoms with E-state index >= 15 is 0 Å². The van der Waals surface area contributed by atoms with Crippen molar-refractivity contribution in [3.8, 4) is 0 Å². The summed E-state index contributed by atoms with van der Waals surface area (Å²) in [6.07, 6.45) is 1.54. The highest BCUT2D eigenvalue weighted by atomic mass is 16.1. The second kappa shape index (κ2) is 7.23. The highest BCUT2D eigenvalue weighted by molar-refractivity contribution is 6.05. The predicted molar refractivity (Wildman–Crippen MR) is 109 cm³/mol. The number of H-pyrrole nitrogens is 1. The molecule has 28 heavy (non-hydrogen) atoms. The van der Waals surface area contributed by atoms with Gasteiger partial charge in [0.2, 0.25) is 5.95 Å². The quantitative estimate of drug-likeness (QED) is 0.337. The number of imidazole rings is 1. The van der Waals surface area contributed by atoms with Gasteiger partial charge in [0.15, 0.2) is 11.5 Å². The van der Waals surface area contributed by atoms with E-state index in [0.717, 1.165) is 5.56 Å². The molecule has 0 atom stereocenters. The van der Waals surface area contributed by atoms with Crippen LogP contribution in [0.5, 0.6) is 0 Å². The molecule has 0 saturated carbocycles. The van der Waals surface area contributed by atoms with E-state index in [9.17, 15) is 4.79 Å². The summed E-state index contributed by atoms with van der Waals surface area (Å²) >= 11 is 0. The van der Waals surface area contributed by atoms with Gasteiger partial charge >= 0.3 is 0 Å². The lowest BCUT2D eigenvalue weighted by atomic mass is 10.1. The Labute approximate surface area is 160 Å². The van der Waals surface area contributed by atoms with Gasteiger partial charge in [-0.25, -0.2) is 4.98 Å². The predicted octanol–water partition coefficient (Wildman–Crippen LogP) is 2.38. The first kappa shape index (κ1) is 17.3. The van der Waals surface area contributed by atoms with Gasteiger partial charge < -0.3 is 27.1 Å². The van der Waals surface area contributed by atoms with Crippen LogP contribution in [0.2, 0.25) is 0 Å². The number of hydrogen-bond donors (Lipinski definition) is 5. The van der Waals surface area contributed by atoms with Crippen LogP contribution in [-0.2, 0) is 6.54 Å². The van der Waals surface area contributed by atoms with Gasteiger partial charge in [-0.1, -0.05) is 24.3 Å². The van der Waals surface area contributed by atoms with Crippen LogP contribution in [0.15, 0.2) is 54.9 Å². The van der Waals surface area contributed by atoms with Crippen LogP contribution in [0.3, 0.4) is 0 Å². The van der Waals surface area contributed by atoms with Crippen LogP contribution in [0.1, 0.15) is 15.9 Å². The average molecular weight is 374 g/mol. The highest BCUT2D eigenvalue weighted by Gasteiger charge is 2.10. The number of rotatable bonds is 5. The lowest BCUT2D eigenvalue weighted by molar-refractivity contribution is 0.102. The minimum Gasteiger partial charge on any atom is -0.397 e. The van der Waals surface area contributed by atoms with Crippen molar-refractivity contribution in [2.24, 2.45) is 0 Å². The third-order valence-electron chi connectivity index (χ3n) is 4.19. The van der Waals surface area contributed by atoms with E-state index < -0.39 is 0 Å². The molecule has 9 nitrogen and oxygen atoms in total. The van der Waals surface area contributed by atoms with E-state index in [1.807, 2.05) is 24.3 Å². The van der Waals surface area contributed by atoms with E-state index in [0.29, 0.717) is 40.5 Å². The summed E-state index contributed by atoms with van der Waals surface area (Å²) in [4.78, 5) is 27.7. The Hall–Kier alpha value is -4.14. The monoisotopic (exact) mass is 374 g/mol. The SMILES string of the molecule is Nc1nc(NCc2ccc(C(=O)Nc3ccccc3N)cc2)c2[nH]cnc2n1. The summed E-state index contributed by atoms with van der Waals surface area (Å²) in [5.74, 6) is 0.496. The van der Waals surface area contributed by atoms with Crippen molar-refractivity contribution >= 4 is 40.2 Å². The first-order valence-corrected chi connectivity index (χ1v) is 8.55. The molecule has 2 heterocycles. The summed E-state index contributed by atoms with van der Waals surface area (Å²) in [5.41, 5.74) is 15.4. The number of nitrogen functional groups attached to an aromatic ring is 2. The zero-order chi connectivity index (χ0) is 19.5. The molecule has 4 aromatic rings. The van der Waals surface area contributed by atoms with Crippen molar-refractivity contribution in [2.45, 2.75) is 6.54 Å². The summed E-state index contributed by atoms with van der Waals surface area (Å²) in [5, 5.41) is 6.01. The molecule has 140 valence electrons. The number of amides is 1. The van der Waals surface area contributed by atoms with Gasteiger partial charge in [0, 0.05) is 12.1 Å². The van der Waals surface area contributed by atoms with Gasteiger partial charge in [-0.2, -0.15) is 9.97 Å². The van der Waals surface area contributed by atoms with E-state index in [-0.39, 0.29) is 11.9 Å².